The molecule has 0 amide bonds. The summed E-state index contributed by atoms with van der Waals surface area (Å²) in [6, 6.07) is 4.24. The molecule has 1 saturated heterocycles. The zero-order chi connectivity index (χ0) is 8.84. The standard InChI is InChI=1S/C9H8N2S2/c12-9-8-7(2-6-13-8)1-3-11(9)10-4-5-10/h1-3,6H,4-5H2. The van der Waals surface area contributed by atoms with Crippen molar-refractivity contribution in [2.24, 2.45) is 0 Å². The van der Waals surface area contributed by atoms with Crippen molar-refractivity contribution in [1.82, 2.24) is 4.68 Å². The Morgan fingerprint density at radius 1 is 1.31 bits per heavy atom. The number of nitrogens with zero attached hydrogens (tertiary/aromatic N) is 2. The molecule has 0 radical (unpaired) electrons. The number of fused-ring (bicyclic) bond motifs is 1. The predicted octanol–water partition coefficient (Wildman–Crippen LogP) is 2.38. The van der Waals surface area contributed by atoms with E-state index < -0.39 is 0 Å². The van der Waals surface area contributed by atoms with Crippen LogP contribution >= 0.6 is 23.6 Å². The van der Waals surface area contributed by atoms with Gasteiger partial charge in [0.15, 0.2) is 0 Å². The van der Waals surface area contributed by atoms with Crippen LogP contribution in [-0.4, -0.2) is 17.8 Å². The van der Waals surface area contributed by atoms with E-state index >= 15 is 0 Å². The van der Waals surface area contributed by atoms with E-state index in [0.717, 1.165) is 17.7 Å². The lowest BCUT2D eigenvalue weighted by Gasteiger charge is -2.07. The zero-order valence-corrected chi connectivity index (χ0v) is 8.57. The van der Waals surface area contributed by atoms with E-state index in [1.807, 2.05) is 0 Å². The normalized spacial score (nSPS) is 15.2. The third-order valence-corrected chi connectivity index (χ3v) is 3.68. The van der Waals surface area contributed by atoms with Crippen molar-refractivity contribution in [2.45, 2.75) is 0 Å². The first kappa shape index (κ1) is 7.53. The highest BCUT2D eigenvalue weighted by Gasteiger charge is 2.18. The van der Waals surface area contributed by atoms with Crippen molar-refractivity contribution in [3.8, 4) is 0 Å². The highest BCUT2D eigenvalue weighted by Crippen LogP contribution is 2.22. The van der Waals surface area contributed by atoms with Gasteiger partial charge in [0, 0.05) is 6.20 Å². The fourth-order valence-electron chi connectivity index (χ4n) is 1.43. The van der Waals surface area contributed by atoms with Gasteiger partial charge in [-0.25, -0.2) is 0 Å². The molecule has 0 atom stereocenters. The summed E-state index contributed by atoms with van der Waals surface area (Å²) in [4.78, 5) is 0. The highest BCUT2D eigenvalue weighted by molar-refractivity contribution is 7.71. The van der Waals surface area contributed by atoms with Crippen LogP contribution in [-0.2, 0) is 0 Å². The van der Waals surface area contributed by atoms with Crippen LogP contribution in [0.1, 0.15) is 0 Å². The highest BCUT2D eigenvalue weighted by atomic mass is 32.1. The Morgan fingerprint density at radius 2 is 2.15 bits per heavy atom. The summed E-state index contributed by atoms with van der Waals surface area (Å²) in [6.07, 6.45) is 2.06. The van der Waals surface area contributed by atoms with E-state index in [1.165, 1.54) is 10.1 Å². The van der Waals surface area contributed by atoms with Gasteiger partial charge in [-0.15, -0.1) is 11.3 Å². The fraction of sp³-hybridized carbons (Fsp3) is 0.222. The topological polar surface area (TPSA) is 7.94 Å². The van der Waals surface area contributed by atoms with Crippen LogP contribution in [0.3, 0.4) is 0 Å². The first-order valence-corrected chi connectivity index (χ1v) is 5.49. The van der Waals surface area contributed by atoms with Gasteiger partial charge in [0.25, 0.3) is 0 Å². The quantitative estimate of drug-likeness (QED) is 0.525. The molecule has 0 saturated carbocycles. The van der Waals surface area contributed by atoms with Crippen LogP contribution in [0.4, 0.5) is 0 Å². The fourth-order valence-corrected chi connectivity index (χ4v) is 2.69. The lowest BCUT2D eigenvalue weighted by atomic mass is 10.3. The molecule has 4 heteroatoms. The van der Waals surface area contributed by atoms with Crippen LogP contribution in [0.15, 0.2) is 23.7 Å². The van der Waals surface area contributed by atoms with Crippen LogP contribution in [0.5, 0.6) is 0 Å². The summed E-state index contributed by atoms with van der Waals surface area (Å²) < 4.78 is 4.25. The SMILES string of the molecule is S=c1c2sccc2ccn1N1CC1. The minimum Gasteiger partial charge on any atom is -0.308 e. The number of hydrogen-bond donors (Lipinski definition) is 0. The maximum atomic E-state index is 5.40. The van der Waals surface area contributed by atoms with Crippen molar-refractivity contribution in [1.29, 1.82) is 0 Å². The number of hydrogen-bond acceptors (Lipinski definition) is 3. The minimum absolute atomic E-state index is 0.949. The summed E-state index contributed by atoms with van der Waals surface area (Å²) in [6.45, 7) is 2.26. The molecule has 2 aromatic heterocycles. The van der Waals surface area contributed by atoms with E-state index in [-0.39, 0.29) is 0 Å². The summed E-state index contributed by atoms with van der Waals surface area (Å²) in [5.41, 5.74) is 0. The van der Waals surface area contributed by atoms with Crippen molar-refractivity contribution in [3.63, 3.8) is 0 Å². The first-order chi connectivity index (χ1) is 6.36. The molecular weight excluding hydrogens is 200 g/mol. The first-order valence-electron chi connectivity index (χ1n) is 4.20. The average molecular weight is 208 g/mol. The van der Waals surface area contributed by atoms with Gasteiger partial charge in [0.05, 0.1) is 17.8 Å². The molecule has 1 aliphatic heterocycles. The molecule has 3 rings (SSSR count). The zero-order valence-electron chi connectivity index (χ0n) is 6.93. The molecule has 0 unspecified atom stereocenters. The molecule has 1 fully saturated rings. The maximum Gasteiger partial charge on any atom is 0.143 e. The van der Waals surface area contributed by atoms with Crippen molar-refractivity contribution in [3.05, 3.63) is 28.4 Å². The third-order valence-electron chi connectivity index (χ3n) is 2.22. The maximum absolute atomic E-state index is 5.40. The van der Waals surface area contributed by atoms with Gasteiger partial charge in [-0.3, -0.25) is 4.68 Å². The smallest absolute Gasteiger partial charge is 0.143 e. The summed E-state index contributed by atoms with van der Waals surface area (Å²) >= 11 is 7.12. The molecule has 66 valence electrons. The van der Waals surface area contributed by atoms with Gasteiger partial charge in [-0.05, 0) is 22.9 Å². The second-order valence-corrected chi connectivity index (χ2v) is 4.43. The second kappa shape index (κ2) is 2.56. The molecule has 3 heterocycles. The Balaban J connectivity index is 2.37. The predicted molar refractivity (Wildman–Crippen MR) is 58.6 cm³/mol. The summed E-state index contributed by atoms with van der Waals surface area (Å²) in [5, 5.41) is 5.57. The molecule has 0 bridgehead atoms. The van der Waals surface area contributed by atoms with Crippen molar-refractivity contribution in [2.75, 3.05) is 18.1 Å². The van der Waals surface area contributed by atoms with E-state index in [4.69, 9.17) is 12.2 Å². The van der Waals surface area contributed by atoms with Gasteiger partial charge < -0.3 is 5.01 Å². The van der Waals surface area contributed by atoms with Gasteiger partial charge in [0.2, 0.25) is 0 Å². The Morgan fingerprint density at radius 3 is 2.92 bits per heavy atom. The van der Waals surface area contributed by atoms with Crippen molar-refractivity contribution < 1.29 is 0 Å². The number of thiophene rings is 1. The van der Waals surface area contributed by atoms with Gasteiger partial charge in [-0.2, -0.15) is 0 Å². The lowest BCUT2D eigenvalue weighted by molar-refractivity contribution is 0.825. The largest absolute Gasteiger partial charge is 0.308 e. The molecule has 2 aromatic rings. The molecule has 13 heavy (non-hydrogen) atoms. The van der Waals surface area contributed by atoms with Crippen molar-refractivity contribution >= 4 is 33.6 Å². The van der Waals surface area contributed by atoms with Crippen LogP contribution in [0, 0.1) is 4.64 Å². The Hall–Kier alpha value is -0.870. The number of rotatable bonds is 1. The molecule has 0 spiro atoms. The van der Waals surface area contributed by atoms with Crippen LogP contribution in [0.25, 0.3) is 10.1 Å². The number of aromatic nitrogens is 1. The summed E-state index contributed by atoms with van der Waals surface area (Å²) in [7, 11) is 0. The lowest BCUT2D eigenvalue weighted by Crippen LogP contribution is -2.12. The Kier molecular flexibility index (Phi) is 1.48. The monoisotopic (exact) mass is 208 g/mol. The van der Waals surface area contributed by atoms with E-state index in [2.05, 4.69) is 33.4 Å². The van der Waals surface area contributed by atoms with Crippen LogP contribution < -0.4 is 5.01 Å². The summed E-state index contributed by atoms with van der Waals surface area (Å²) in [5.74, 6) is 0. The van der Waals surface area contributed by atoms with E-state index in [9.17, 15) is 0 Å². The molecular formula is C9H8N2S2. The van der Waals surface area contributed by atoms with Crippen LogP contribution in [0.2, 0.25) is 0 Å². The van der Waals surface area contributed by atoms with Gasteiger partial charge in [0.1, 0.15) is 4.64 Å². The number of pyridine rings is 1. The molecule has 0 aliphatic carbocycles. The Bertz CT molecular complexity index is 508. The van der Waals surface area contributed by atoms with E-state index in [0.29, 0.717) is 0 Å². The molecule has 1 aliphatic rings. The Labute approximate surface area is 85.0 Å². The van der Waals surface area contributed by atoms with Gasteiger partial charge >= 0.3 is 0 Å². The average Bonchev–Trinajstić information content (AvgIpc) is 2.83. The minimum atomic E-state index is 0.949. The van der Waals surface area contributed by atoms with E-state index in [1.54, 1.807) is 11.3 Å². The molecule has 0 aromatic carbocycles. The molecule has 2 nitrogen and oxygen atoms in total. The van der Waals surface area contributed by atoms with Gasteiger partial charge in [-0.1, -0.05) is 12.2 Å². The molecule has 0 N–H and O–H groups in total. The second-order valence-electron chi connectivity index (χ2n) is 3.12. The third kappa shape index (κ3) is 1.09.